The molecule has 2 aromatic carbocycles. The molecule has 3 aromatic rings. The van der Waals surface area contributed by atoms with Crippen LogP contribution in [-0.4, -0.2) is 66.4 Å². The fraction of sp³-hybridized carbons (Fsp3) is 0.514. The Balaban J connectivity index is 1.22. The maximum atomic E-state index is 15.0. The topological polar surface area (TPSA) is 67.0 Å². The van der Waals surface area contributed by atoms with Gasteiger partial charge in [-0.3, -0.25) is 0 Å². The molecule has 232 valence electrons. The number of likely N-dealkylation sites (tertiary alicyclic amines) is 1. The van der Waals surface area contributed by atoms with Crippen LogP contribution in [0.15, 0.2) is 60.9 Å². The minimum absolute atomic E-state index is 0.0441. The Morgan fingerprint density at radius 2 is 1.91 bits per heavy atom. The lowest BCUT2D eigenvalue weighted by Crippen LogP contribution is -2.56. The summed E-state index contributed by atoms with van der Waals surface area (Å²) in [5, 5.41) is 3.17. The van der Waals surface area contributed by atoms with E-state index in [2.05, 4.69) is 47.7 Å². The highest BCUT2D eigenvalue weighted by atomic mass is 19.1. The number of aryl methyl sites for hydroxylation is 1. The van der Waals surface area contributed by atoms with Gasteiger partial charge >= 0.3 is 6.09 Å². The predicted octanol–water partition coefficient (Wildman–Crippen LogP) is 6.19. The molecule has 1 aliphatic carbocycles. The van der Waals surface area contributed by atoms with Gasteiger partial charge in [0.05, 0.1) is 13.7 Å². The molecule has 8 nitrogen and oxygen atoms in total. The third-order valence-electron chi connectivity index (χ3n) is 10.5. The van der Waals surface area contributed by atoms with Gasteiger partial charge < -0.3 is 24.4 Å². The average Bonchev–Trinajstić information content (AvgIpc) is 3.66. The fourth-order valence-corrected chi connectivity index (χ4v) is 8.31. The number of halogens is 1. The van der Waals surface area contributed by atoms with Crippen molar-refractivity contribution in [2.75, 3.05) is 44.7 Å². The molecule has 2 aliphatic heterocycles. The van der Waals surface area contributed by atoms with Crippen LogP contribution in [0.4, 0.5) is 20.6 Å². The molecule has 1 aromatic heterocycles. The van der Waals surface area contributed by atoms with Crippen LogP contribution < -0.4 is 10.2 Å². The molecule has 3 fully saturated rings. The third kappa shape index (κ3) is 6.05. The number of benzene rings is 2. The van der Waals surface area contributed by atoms with Crippen LogP contribution in [-0.2, 0) is 16.7 Å². The number of hydrogen-bond donors (Lipinski definition) is 1. The molecule has 0 radical (unpaired) electrons. The second-order valence-electron chi connectivity index (χ2n) is 12.9. The summed E-state index contributed by atoms with van der Waals surface area (Å²) >= 11 is 0. The number of nitrogens with zero attached hydrogens (tertiary/aromatic N) is 5. The van der Waals surface area contributed by atoms with Crippen LogP contribution in [0, 0.1) is 37.1 Å². The largest absolute Gasteiger partial charge is 0.453 e. The summed E-state index contributed by atoms with van der Waals surface area (Å²) in [5.74, 6) is 1.79. The lowest BCUT2D eigenvalue weighted by atomic mass is 9.58. The third-order valence-corrected chi connectivity index (χ3v) is 10.5. The molecule has 1 amide bonds. The molecular weight excluding hydrogens is 555 g/mol. The smallest absolute Gasteiger partial charge is 0.407 e. The molecule has 2 saturated heterocycles. The zero-order valence-corrected chi connectivity index (χ0v) is 25.8. The van der Waals surface area contributed by atoms with E-state index in [4.69, 9.17) is 11.3 Å². The number of ether oxygens (including phenoxy) is 1. The van der Waals surface area contributed by atoms with Gasteiger partial charge in [0.1, 0.15) is 11.6 Å². The van der Waals surface area contributed by atoms with Crippen molar-refractivity contribution in [2.45, 2.75) is 57.0 Å². The first-order valence-corrected chi connectivity index (χ1v) is 15.9. The molecular formula is C35H43FN6O2. The molecule has 44 heavy (non-hydrogen) atoms. The van der Waals surface area contributed by atoms with Crippen molar-refractivity contribution in [1.82, 2.24) is 19.8 Å². The second kappa shape index (κ2) is 13.0. The second-order valence-corrected chi connectivity index (χ2v) is 12.9. The van der Waals surface area contributed by atoms with E-state index >= 15 is 0 Å². The number of rotatable bonds is 9. The number of aromatic nitrogens is 2. The SMILES string of the molecule is [C-]#[N+]c1ccc(N2CC(CN3CCC(C(Cn4ccnc4C)(c4cccc(F)c4)[C@H]4CCC[C@@H]4NC(=O)OC)CC3)C2)cc1. The van der Waals surface area contributed by atoms with Gasteiger partial charge in [0.2, 0.25) is 0 Å². The van der Waals surface area contributed by atoms with Crippen LogP contribution in [0.3, 0.4) is 0 Å². The average molecular weight is 599 g/mol. The molecule has 1 saturated carbocycles. The molecule has 3 aliphatic rings. The van der Waals surface area contributed by atoms with E-state index in [1.807, 2.05) is 37.5 Å². The highest BCUT2D eigenvalue weighted by Gasteiger charge is 2.52. The Morgan fingerprint density at radius 1 is 1.14 bits per heavy atom. The molecule has 3 atom stereocenters. The monoisotopic (exact) mass is 598 g/mol. The standard InChI is InChI=1S/C35H43FN6O2/c1-25-38-16-19-41(25)24-35(28-6-4-7-29(36)20-28,32-8-5-9-33(32)39-34(43)44-3)27-14-17-40(18-15-27)21-26-22-42(23-26)31-12-10-30(37-2)11-13-31/h4,6-7,10-13,16,19-20,26-27,32-33H,5,8-9,14-15,17-18,21-24H2,1,3H3,(H,39,43)/t32-,33-,35?/m0/s1. The number of imidazole rings is 1. The number of methoxy groups -OCH3 is 1. The minimum atomic E-state index is -0.402. The number of alkyl carbamates (subject to hydrolysis) is 1. The van der Waals surface area contributed by atoms with Crippen LogP contribution in [0.2, 0.25) is 0 Å². The van der Waals surface area contributed by atoms with E-state index in [0.717, 1.165) is 76.2 Å². The minimum Gasteiger partial charge on any atom is -0.453 e. The van der Waals surface area contributed by atoms with Gasteiger partial charge in [0.25, 0.3) is 0 Å². The molecule has 3 heterocycles. The Hall–Kier alpha value is -3.90. The Morgan fingerprint density at radius 3 is 2.57 bits per heavy atom. The van der Waals surface area contributed by atoms with Crippen LogP contribution in [0.5, 0.6) is 0 Å². The van der Waals surface area contributed by atoms with Crippen molar-refractivity contribution in [3.8, 4) is 0 Å². The number of hydrogen-bond acceptors (Lipinski definition) is 5. The van der Waals surface area contributed by atoms with Crippen molar-refractivity contribution in [2.24, 2.45) is 17.8 Å². The maximum Gasteiger partial charge on any atom is 0.407 e. The van der Waals surface area contributed by atoms with Gasteiger partial charge in [0, 0.05) is 61.6 Å². The number of carbonyl (C=O) groups excluding carboxylic acids is 1. The molecule has 6 rings (SSSR count). The molecule has 0 spiro atoms. The van der Waals surface area contributed by atoms with E-state index in [-0.39, 0.29) is 23.2 Å². The van der Waals surface area contributed by atoms with Crippen molar-refractivity contribution in [1.29, 1.82) is 0 Å². The lowest BCUT2D eigenvalue weighted by Gasteiger charge is -2.51. The quantitative estimate of drug-likeness (QED) is 0.298. The summed E-state index contributed by atoms with van der Waals surface area (Å²) in [4.78, 5) is 25.5. The highest BCUT2D eigenvalue weighted by molar-refractivity contribution is 5.67. The van der Waals surface area contributed by atoms with Gasteiger partial charge in [-0.15, -0.1) is 0 Å². The van der Waals surface area contributed by atoms with E-state index in [9.17, 15) is 9.18 Å². The van der Waals surface area contributed by atoms with E-state index in [1.165, 1.54) is 18.9 Å². The van der Waals surface area contributed by atoms with E-state index < -0.39 is 6.09 Å². The summed E-state index contributed by atoms with van der Waals surface area (Å²) in [6.45, 7) is 15.1. The zero-order valence-electron chi connectivity index (χ0n) is 25.8. The van der Waals surface area contributed by atoms with E-state index in [1.54, 1.807) is 6.07 Å². The van der Waals surface area contributed by atoms with Gasteiger partial charge in [-0.2, -0.15) is 0 Å². The fourth-order valence-electron chi connectivity index (χ4n) is 8.31. The van der Waals surface area contributed by atoms with Crippen molar-refractivity contribution >= 4 is 17.5 Å². The van der Waals surface area contributed by atoms with Crippen LogP contribution in [0.25, 0.3) is 4.85 Å². The number of piperidine rings is 1. The number of carbonyl (C=O) groups is 1. The number of anilines is 1. The number of amides is 1. The molecule has 1 unspecified atom stereocenters. The first-order valence-electron chi connectivity index (χ1n) is 15.9. The van der Waals surface area contributed by atoms with Gasteiger partial charge in [-0.05, 0) is 87.4 Å². The summed E-state index contributed by atoms with van der Waals surface area (Å²) in [7, 11) is 1.41. The summed E-state index contributed by atoms with van der Waals surface area (Å²) < 4.78 is 22.2. The normalized spacial score (nSPS) is 22.6. The Labute approximate surface area is 260 Å². The van der Waals surface area contributed by atoms with Crippen LogP contribution >= 0.6 is 0 Å². The highest BCUT2D eigenvalue weighted by Crippen LogP contribution is 2.52. The first-order chi connectivity index (χ1) is 21.4. The predicted molar refractivity (Wildman–Crippen MR) is 169 cm³/mol. The van der Waals surface area contributed by atoms with E-state index in [0.29, 0.717) is 24.1 Å². The van der Waals surface area contributed by atoms with Crippen LogP contribution in [0.1, 0.15) is 43.5 Å². The maximum absolute atomic E-state index is 15.0. The van der Waals surface area contributed by atoms with Crippen molar-refractivity contribution in [3.05, 3.63) is 89.5 Å². The summed E-state index contributed by atoms with van der Waals surface area (Å²) in [6.07, 6.45) is 8.37. The molecule has 9 heteroatoms. The molecule has 0 bridgehead atoms. The van der Waals surface area contributed by atoms with Gasteiger partial charge in [0.15, 0.2) is 5.69 Å². The lowest BCUT2D eigenvalue weighted by molar-refractivity contribution is 0.0543. The Kier molecular flexibility index (Phi) is 8.90. The van der Waals surface area contributed by atoms with Crippen molar-refractivity contribution < 1.29 is 13.9 Å². The molecule has 1 N–H and O–H groups in total. The van der Waals surface area contributed by atoms with Gasteiger partial charge in [-0.1, -0.05) is 30.7 Å². The number of nitrogens with one attached hydrogen (secondary N) is 1. The zero-order chi connectivity index (χ0) is 30.7. The first kappa shape index (κ1) is 30.1. The Bertz CT molecular complexity index is 1470. The summed E-state index contributed by atoms with van der Waals surface area (Å²) in [6, 6.07) is 15.0. The van der Waals surface area contributed by atoms with Gasteiger partial charge in [-0.25, -0.2) is 19.0 Å². The summed E-state index contributed by atoms with van der Waals surface area (Å²) in [5.41, 5.74) is 2.50. The van der Waals surface area contributed by atoms with Crippen molar-refractivity contribution in [3.63, 3.8) is 0 Å².